The molecule has 0 aliphatic heterocycles. The van der Waals surface area contributed by atoms with Gasteiger partial charge >= 0.3 is 5.97 Å². The Morgan fingerprint density at radius 3 is 2.53 bits per heavy atom. The number of carbonyl (C=O) groups is 1. The van der Waals surface area contributed by atoms with E-state index in [1.54, 1.807) is 0 Å². The fourth-order valence-corrected chi connectivity index (χ4v) is 1.89. The highest BCUT2D eigenvalue weighted by atomic mass is 16.5. The van der Waals surface area contributed by atoms with Crippen molar-refractivity contribution in [1.82, 2.24) is 0 Å². The largest absolute Gasteiger partial charge is 0.508 e. The fraction of sp³-hybridized carbons (Fsp3) is 0.500. The topological polar surface area (TPSA) is 46.5 Å². The summed E-state index contributed by atoms with van der Waals surface area (Å²) in [5.41, 5.74) is 1.97. The average molecular weight is 236 g/mol. The molecular formula is C14H20O3. The molecule has 0 atom stereocenters. The van der Waals surface area contributed by atoms with E-state index >= 15 is 0 Å². The van der Waals surface area contributed by atoms with Crippen LogP contribution in [0, 0.1) is 5.92 Å². The van der Waals surface area contributed by atoms with Gasteiger partial charge in [-0.25, -0.2) is 0 Å². The lowest BCUT2D eigenvalue weighted by Gasteiger charge is -2.12. The Bertz CT molecular complexity index is 360. The summed E-state index contributed by atoms with van der Waals surface area (Å²) in [7, 11) is 1.39. The Balaban J connectivity index is 2.77. The van der Waals surface area contributed by atoms with Gasteiger partial charge in [0.25, 0.3) is 0 Å². The highest BCUT2D eigenvalue weighted by Crippen LogP contribution is 2.42. The molecule has 1 N–H and O–H groups in total. The molecule has 0 aromatic heterocycles. The quantitative estimate of drug-likeness (QED) is 0.437. The van der Waals surface area contributed by atoms with E-state index in [9.17, 15) is 9.90 Å². The van der Waals surface area contributed by atoms with Crippen molar-refractivity contribution in [3.8, 4) is 0 Å². The van der Waals surface area contributed by atoms with Crippen LogP contribution in [0.3, 0.4) is 0 Å². The summed E-state index contributed by atoms with van der Waals surface area (Å²) >= 11 is 0. The minimum Gasteiger partial charge on any atom is -0.508 e. The number of hydrogen-bond acceptors (Lipinski definition) is 3. The molecule has 1 aliphatic rings. The molecule has 1 aliphatic carbocycles. The van der Waals surface area contributed by atoms with Gasteiger partial charge in [0, 0.05) is 6.42 Å². The van der Waals surface area contributed by atoms with Crippen LogP contribution in [0.5, 0.6) is 0 Å². The van der Waals surface area contributed by atoms with E-state index < -0.39 is 0 Å². The molecule has 17 heavy (non-hydrogen) atoms. The van der Waals surface area contributed by atoms with Crippen LogP contribution in [0.4, 0.5) is 0 Å². The lowest BCUT2D eigenvalue weighted by atomic mass is 9.95. The van der Waals surface area contributed by atoms with Gasteiger partial charge in [-0.05, 0) is 49.3 Å². The van der Waals surface area contributed by atoms with Crippen LogP contribution in [-0.4, -0.2) is 18.2 Å². The molecular weight excluding hydrogens is 216 g/mol. The molecule has 0 aromatic rings. The van der Waals surface area contributed by atoms with Gasteiger partial charge < -0.3 is 9.84 Å². The summed E-state index contributed by atoms with van der Waals surface area (Å²) in [6.45, 7) is 5.52. The Morgan fingerprint density at radius 1 is 1.47 bits per heavy atom. The van der Waals surface area contributed by atoms with E-state index in [-0.39, 0.29) is 11.7 Å². The Labute approximate surface area is 102 Å². The number of rotatable bonds is 6. The molecule has 1 saturated carbocycles. The van der Waals surface area contributed by atoms with E-state index in [4.69, 9.17) is 0 Å². The molecule has 0 radical (unpaired) electrons. The number of aliphatic hydroxyl groups excluding tert-OH is 1. The fourth-order valence-electron chi connectivity index (χ4n) is 1.89. The zero-order valence-electron chi connectivity index (χ0n) is 10.5. The summed E-state index contributed by atoms with van der Waals surface area (Å²) in [4.78, 5) is 11.1. The standard InChI is InChI=1S/C14H20O3/c1-4-10(8-9-13(16)17-3)14(11-6-7-11)12(15)5-2/h4-5,11,15H,2,6-9H2,1,3H3/b10-4-,14-12-. The number of hydrogen-bond donors (Lipinski definition) is 1. The second-order valence-electron chi connectivity index (χ2n) is 4.17. The van der Waals surface area contributed by atoms with E-state index in [1.165, 1.54) is 13.2 Å². The first kappa shape index (κ1) is 13.6. The predicted molar refractivity (Wildman–Crippen MR) is 67.6 cm³/mol. The number of carbonyl (C=O) groups excluding carboxylic acids is 1. The predicted octanol–water partition coefficient (Wildman–Crippen LogP) is 3.29. The lowest BCUT2D eigenvalue weighted by Crippen LogP contribution is -2.03. The first-order valence-corrected chi connectivity index (χ1v) is 5.92. The molecule has 1 rings (SSSR count). The van der Waals surface area contributed by atoms with Gasteiger partial charge in [-0.1, -0.05) is 12.7 Å². The zero-order valence-corrected chi connectivity index (χ0v) is 10.5. The second kappa shape index (κ2) is 6.28. The van der Waals surface area contributed by atoms with E-state index in [1.807, 2.05) is 13.0 Å². The first-order valence-electron chi connectivity index (χ1n) is 5.92. The molecule has 3 heteroatoms. The molecule has 1 fully saturated rings. The van der Waals surface area contributed by atoms with Crippen LogP contribution in [0.1, 0.15) is 32.6 Å². The van der Waals surface area contributed by atoms with E-state index in [0.717, 1.165) is 24.0 Å². The minimum absolute atomic E-state index is 0.224. The van der Waals surface area contributed by atoms with Crippen molar-refractivity contribution < 1.29 is 14.6 Å². The number of methoxy groups -OCH3 is 1. The van der Waals surface area contributed by atoms with Gasteiger partial charge in [0.15, 0.2) is 0 Å². The summed E-state index contributed by atoms with van der Waals surface area (Å²) in [6, 6.07) is 0. The summed E-state index contributed by atoms with van der Waals surface area (Å²) in [5.74, 6) is 0.444. The van der Waals surface area contributed by atoms with Crippen LogP contribution >= 0.6 is 0 Å². The first-order chi connectivity index (χ1) is 8.13. The highest BCUT2D eigenvalue weighted by Gasteiger charge is 2.30. The van der Waals surface area contributed by atoms with Gasteiger partial charge in [0.1, 0.15) is 5.76 Å². The lowest BCUT2D eigenvalue weighted by molar-refractivity contribution is -0.140. The minimum atomic E-state index is -0.224. The Hall–Kier alpha value is -1.51. The van der Waals surface area contributed by atoms with Crippen molar-refractivity contribution in [2.75, 3.05) is 7.11 Å². The number of ether oxygens (including phenoxy) is 1. The number of esters is 1. The van der Waals surface area contributed by atoms with Crippen LogP contribution in [0.15, 0.2) is 35.6 Å². The monoisotopic (exact) mass is 236 g/mol. The molecule has 0 amide bonds. The summed E-state index contributed by atoms with van der Waals surface area (Å²) in [5, 5.41) is 9.86. The molecule has 0 aromatic carbocycles. The van der Waals surface area contributed by atoms with Gasteiger partial charge in [0.2, 0.25) is 0 Å². The van der Waals surface area contributed by atoms with Gasteiger partial charge in [-0.3, -0.25) is 4.79 Å². The van der Waals surface area contributed by atoms with Gasteiger partial charge in [-0.15, -0.1) is 0 Å². The molecule has 0 unspecified atom stereocenters. The third-order valence-electron chi connectivity index (χ3n) is 2.98. The van der Waals surface area contributed by atoms with Crippen LogP contribution < -0.4 is 0 Å². The van der Waals surface area contributed by atoms with Crippen molar-refractivity contribution in [3.05, 3.63) is 35.6 Å². The smallest absolute Gasteiger partial charge is 0.305 e. The zero-order chi connectivity index (χ0) is 12.8. The second-order valence-corrected chi connectivity index (χ2v) is 4.17. The van der Waals surface area contributed by atoms with Crippen LogP contribution in [0.25, 0.3) is 0 Å². The van der Waals surface area contributed by atoms with Crippen molar-refractivity contribution in [3.63, 3.8) is 0 Å². The van der Waals surface area contributed by atoms with Gasteiger partial charge in [-0.2, -0.15) is 0 Å². The van der Waals surface area contributed by atoms with Crippen molar-refractivity contribution >= 4 is 5.97 Å². The Morgan fingerprint density at radius 2 is 2.12 bits per heavy atom. The maximum Gasteiger partial charge on any atom is 0.305 e. The summed E-state index contributed by atoms with van der Waals surface area (Å²) in [6.07, 6.45) is 6.57. The van der Waals surface area contributed by atoms with E-state index in [0.29, 0.717) is 18.8 Å². The summed E-state index contributed by atoms with van der Waals surface area (Å²) < 4.78 is 4.62. The third kappa shape index (κ3) is 3.77. The molecule has 3 nitrogen and oxygen atoms in total. The number of aliphatic hydroxyl groups is 1. The van der Waals surface area contributed by atoms with Crippen LogP contribution in [-0.2, 0) is 9.53 Å². The SMILES string of the molecule is C=C/C(O)=C(\C(=C/C)CCC(=O)OC)C1CC1. The van der Waals surface area contributed by atoms with E-state index in [2.05, 4.69) is 11.3 Å². The van der Waals surface area contributed by atoms with Gasteiger partial charge in [0.05, 0.1) is 7.11 Å². The molecule has 0 saturated heterocycles. The third-order valence-corrected chi connectivity index (χ3v) is 2.98. The molecule has 0 bridgehead atoms. The molecule has 94 valence electrons. The highest BCUT2D eigenvalue weighted by molar-refractivity contribution is 5.69. The van der Waals surface area contributed by atoms with Crippen LogP contribution in [0.2, 0.25) is 0 Å². The maximum absolute atomic E-state index is 11.1. The van der Waals surface area contributed by atoms with Crippen molar-refractivity contribution in [2.24, 2.45) is 5.92 Å². The normalized spacial score (nSPS) is 17.4. The molecule has 0 spiro atoms. The molecule has 0 heterocycles. The maximum atomic E-state index is 11.1. The van der Waals surface area contributed by atoms with Crippen molar-refractivity contribution in [1.29, 1.82) is 0 Å². The van der Waals surface area contributed by atoms with Crippen molar-refractivity contribution in [2.45, 2.75) is 32.6 Å². The number of allylic oxidation sites excluding steroid dienone is 4. The average Bonchev–Trinajstić information content (AvgIpc) is 3.17. The Kier molecular flexibility index (Phi) is 5.01.